The van der Waals surface area contributed by atoms with Gasteiger partial charge in [-0.1, -0.05) is 6.07 Å². The zero-order valence-electron chi connectivity index (χ0n) is 9.83. The smallest absolute Gasteiger partial charge is 0.257 e. The molecule has 1 heterocycles. The van der Waals surface area contributed by atoms with Gasteiger partial charge in [0.2, 0.25) is 0 Å². The van der Waals surface area contributed by atoms with E-state index in [0.717, 1.165) is 5.69 Å². The molecule has 18 heavy (non-hydrogen) atoms. The highest BCUT2D eigenvalue weighted by Crippen LogP contribution is 2.25. The topological polar surface area (TPSA) is 79.5 Å². The summed E-state index contributed by atoms with van der Waals surface area (Å²) in [6, 6.07) is 4.73. The van der Waals surface area contributed by atoms with Crippen molar-refractivity contribution >= 4 is 22.9 Å². The number of aromatic nitrogens is 1. The number of nitrogens with zero attached hydrogens (tertiary/aromatic N) is 2. The van der Waals surface area contributed by atoms with Crippen molar-refractivity contribution < 1.29 is 9.90 Å². The predicted molar refractivity (Wildman–Crippen MR) is 70.4 cm³/mol. The molecule has 0 atom stereocenters. The fourth-order valence-corrected chi connectivity index (χ4v) is 2.12. The molecule has 0 aliphatic rings. The Morgan fingerprint density at radius 3 is 3.00 bits per heavy atom. The number of rotatable bonds is 3. The fraction of sp³-hybridized carbons (Fsp3) is 0.167. The van der Waals surface area contributed by atoms with E-state index in [4.69, 9.17) is 5.73 Å². The second-order valence-corrected chi connectivity index (χ2v) is 4.60. The third-order valence-electron chi connectivity index (χ3n) is 2.53. The molecule has 0 saturated heterocycles. The number of para-hydroxylation sites is 1. The highest BCUT2D eigenvalue weighted by Gasteiger charge is 2.17. The number of anilines is 1. The molecule has 1 aromatic heterocycles. The minimum Gasteiger partial charge on any atom is -0.505 e. The Morgan fingerprint density at radius 2 is 2.33 bits per heavy atom. The second kappa shape index (κ2) is 5.05. The molecule has 0 spiro atoms. The van der Waals surface area contributed by atoms with Crippen molar-refractivity contribution in [1.29, 1.82) is 0 Å². The number of hydrogen-bond donors (Lipinski definition) is 2. The van der Waals surface area contributed by atoms with Gasteiger partial charge in [0.15, 0.2) is 5.75 Å². The molecule has 0 radical (unpaired) electrons. The second-order valence-electron chi connectivity index (χ2n) is 3.88. The highest BCUT2D eigenvalue weighted by molar-refractivity contribution is 7.07. The molecule has 1 aromatic carbocycles. The van der Waals surface area contributed by atoms with Crippen LogP contribution in [0.3, 0.4) is 0 Å². The maximum atomic E-state index is 12.1. The standard InChI is InChI=1S/C12H13N3O2S/c1-15(5-8-6-18-7-14-8)12(17)9-3-2-4-10(13)11(9)16/h2-4,6-7,16H,5,13H2,1H3. The highest BCUT2D eigenvalue weighted by atomic mass is 32.1. The predicted octanol–water partition coefficient (Wildman–Crippen LogP) is 1.70. The minimum absolute atomic E-state index is 0.173. The van der Waals surface area contributed by atoms with Crippen LogP contribution in [0.4, 0.5) is 5.69 Å². The number of nitrogens with two attached hydrogens (primary N) is 1. The average Bonchev–Trinajstić information content (AvgIpc) is 2.84. The molecule has 2 rings (SSSR count). The molecule has 0 aliphatic carbocycles. The molecular formula is C12H13N3O2S. The van der Waals surface area contributed by atoms with Crippen LogP contribution in [0.2, 0.25) is 0 Å². The summed E-state index contributed by atoms with van der Waals surface area (Å²) in [4.78, 5) is 17.7. The summed E-state index contributed by atoms with van der Waals surface area (Å²) in [5, 5.41) is 11.6. The number of carbonyl (C=O) groups is 1. The molecular weight excluding hydrogens is 250 g/mol. The summed E-state index contributed by atoms with van der Waals surface area (Å²) in [6.45, 7) is 0.399. The van der Waals surface area contributed by atoms with Gasteiger partial charge in [-0.15, -0.1) is 11.3 Å². The first-order valence-electron chi connectivity index (χ1n) is 5.29. The van der Waals surface area contributed by atoms with E-state index in [-0.39, 0.29) is 22.9 Å². The molecule has 5 nitrogen and oxygen atoms in total. The fourth-order valence-electron chi connectivity index (χ4n) is 1.57. The maximum Gasteiger partial charge on any atom is 0.257 e. The van der Waals surface area contributed by atoms with E-state index in [1.165, 1.54) is 16.2 Å². The summed E-state index contributed by atoms with van der Waals surface area (Å²) in [5.41, 5.74) is 8.49. The van der Waals surface area contributed by atoms with Crippen LogP contribution >= 0.6 is 11.3 Å². The molecule has 0 unspecified atom stereocenters. The summed E-state index contributed by atoms with van der Waals surface area (Å²) in [5.74, 6) is -0.458. The lowest BCUT2D eigenvalue weighted by atomic mass is 10.1. The Kier molecular flexibility index (Phi) is 3.47. The van der Waals surface area contributed by atoms with Gasteiger partial charge < -0.3 is 15.7 Å². The average molecular weight is 263 g/mol. The van der Waals surface area contributed by atoms with Gasteiger partial charge in [0.1, 0.15) is 0 Å². The summed E-state index contributed by atoms with van der Waals surface area (Å²) >= 11 is 1.48. The van der Waals surface area contributed by atoms with Gasteiger partial charge in [0, 0.05) is 12.4 Å². The largest absolute Gasteiger partial charge is 0.505 e. The van der Waals surface area contributed by atoms with E-state index in [0.29, 0.717) is 6.54 Å². The van der Waals surface area contributed by atoms with Gasteiger partial charge in [-0.25, -0.2) is 4.98 Å². The zero-order chi connectivity index (χ0) is 13.1. The van der Waals surface area contributed by atoms with Crippen LogP contribution in [0.1, 0.15) is 16.1 Å². The summed E-state index contributed by atoms with van der Waals surface area (Å²) in [6.07, 6.45) is 0. The molecule has 1 amide bonds. The first-order valence-corrected chi connectivity index (χ1v) is 6.24. The van der Waals surface area contributed by atoms with Crippen LogP contribution in [0.15, 0.2) is 29.1 Å². The zero-order valence-corrected chi connectivity index (χ0v) is 10.6. The molecule has 0 fully saturated rings. The molecule has 0 bridgehead atoms. The van der Waals surface area contributed by atoms with Crippen molar-refractivity contribution in [2.24, 2.45) is 0 Å². The number of carbonyl (C=O) groups excluding carboxylic acids is 1. The number of thiazole rings is 1. The van der Waals surface area contributed by atoms with Crippen LogP contribution in [0, 0.1) is 0 Å². The SMILES string of the molecule is CN(Cc1cscn1)C(=O)c1cccc(N)c1O. The van der Waals surface area contributed by atoms with Crippen molar-refractivity contribution in [3.63, 3.8) is 0 Å². The summed E-state index contributed by atoms with van der Waals surface area (Å²) in [7, 11) is 1.66. The number of benzene rings is 1. The number of aromatic hydroxyl groups is 1. The van der Waals surface area contributed by atoms with E-state index >= 15 is 0 Å². The lowest BCUT2D eigenvalue weighted by Gasteiger charge is -2.17. The lowest BCUT2D eigenvalue weighted by molar-refractivity contribution is 0.0780. The van der Waals surface area contributed by atoms with Gasteiger partial charge in [0.05, 0.1) is 29.0 Å². The molecule has 0 aliphatic heterocycles. The monoisotopic (exact) mass is 263 g/mol. The third kappa shape index (κ3) is 2.43. The first kappa shape index (κ1) is 12.4. The Bertz CT molecular complexity index is 554. The van der Waals surface area contributed by atoms with E-state index in [2.05, 4.69) is 4.98 Å². The van der Waals surface area contributed by atoms with Crippen LogP contribution in [0.25, 0.3) is 0 Å². The van der Waals surface area contributed by atoms with E-state index in [1.807, 2.05) is 5.38 Å². The Morgan fingerprint density at radius 1 is 1.56 bits per heavy atom. The number of amides is 1. The van der Waals surface area contributed by atoms with Crippen LogP contribution in [0.5, 0.6) is 5.75 Å². The Hall–Kier alpha value is -2.08. The van der Waals surface area contributed by atoms with Crippen molar-refractivity contribution in [1.82, 2.24) is 9.88 Å². The van der Waals surface area contributed by atoms with E-state index < -0.39 is 0 Å². The maximum absolute atomic E-state index is 12.1. The van der Waals surface area contributed by atoms with Crippen LogP contribution < -0.4 is 5.73 Å². The number of nitrogen functional groups attached to an aromatic ring is 1. The van der Waals surface area contributed by atoms with Gasteiger partial charge in [0.25, 0.3) is 5.91 Å². The van der Waals surface area contributed by atoms with Crippen molar-refractivity contribution in [2.45, 2.75) is 6.54 Å². The quantitative estimate of drug-likeness (QED) is 0.652. The number of phenols is 1. The number of hydrogen-bond acceptors (Lipinski definition) is 5. The van der Waals surface area contributed by atoms with Gasteiger partial charge in [-0.05, 0) is 12.1 Å². The molecule has 94 valence electrons. The molecule has 0 saturated carbocycles. The number of phenolic OH excluding ortho intramolecular Hbond substituents is 1. The lowest BCUT2D eigenvalue weighted by Crippen LogP contribution is -2.26. The van der Waals surface area contributed by atoms with Crippen molar-refractivity contribution in [3.8, 4) is 5.75 Å². The molecule has 6 heteroatoms. The van der Waals surface area contributed by atoms with Crippen LogP contribution in [-0.4, -0.2) is 27.9 Å². The Labute approximate surface area is 108 Å². The normalized spacial score (nSPS) is 10.3. The van der Waals surface area contributed by atoms with E-state index in [9.17, 15) is 9.90 Å². The minimum atomic E-state index is -0.284. The first-order chi connectivity index (χ1) is 8.59. The third-order valence-corrected chi connectivity index (χ3v) is 3.16. The van der Waals surface area contributed by atoms with Gasteiger partial charge in [-0.3, -0.25) is 4.79 Å². The van der Waals surface area contributed by atoms with Crippen molar-refractivity contribution in [2.75, 3.05) is 12.8 Å². The van der Waals surface area contributed by atoms with Gasteiger partial charge >= 0.3 is 0 Å². The van der Waals surface area contributed by atoms with E-state index in [1.54, 1.807) is 30.8 Å². The summed E-state index contributed by atoms with van der Waals surface area (Å²) < 4.78 is 0. The van der Waals surface area contributed by atoms with Crippen molar-refractivity contribution in [3.05, 3.63) is 40.3 Å². The molecule has 3 N–H and O–H groups in total. The van der Waals surface area contributed by atoms with Crippen LogP contribution in [-0.2, 0) is 6.54 Å². The molecule has 2 aromatic rings. The Balaban J connectivity index is 2.18. The van der Waals surface area contributed by atoms with Gasteiger partial charge in [-0.2, -0.15) is 0 Å².